The van der Waals surface area contributed by atoms with Crippen molar-refractivity contribution in [2.75, 3.05) is 0 Å². The van der Waals surface area contributed by atoms with Crippen molar-refractivity contribution in [2.24, 2.45) is 0 Å². The molecular formula is C10H9N5S2. The fourth-order valence-corrected chi connectivity index (χ4v) is 3.16. The normalized spacial score (nSPS) is 11.1. The second-order valence-corrected chi connectivity index (χ2v) is 5.81. The van der Waals surface area contributed by atoms with Crippen molar-refractivity contribution in [3.05, 3.63) is 29.3 Å². The van der Waals surface area contributed by atoms with Crippen molar-refractivity contribution >= 4 is 34.1 Å². The highest BCUT2D eigenvalue weighted by atomic mass is 32.2. The van der Waals surface area contributed by atoms with Gasteiger partial charge in [-0.15, -0.1) is 15.3 Å². The third-order valence-electron chi connectivity index (χ3n) is 2.24. The van der Waals surface area contributed by atoms with Crippen molar-refractivity contribution < 1.29 is 0 Å². The number of rotatable bonds is 3. The molecule has 86 valence electrons. The molecule has 0 unspecified atom stereocenters. The molecule has 2 heterocycles. The Hall–Kier alpha value is -1.47. The number of thioether (sulfide) groups is 1. The number of hydrogen-bond acceptors (Lipinski definition) is 6. The fourth-order valence-electron chi connectivity index (χ4n) is 1.47. The SMILES string of the molecule is Cc1nnc(SCn2nnc3ccccc32)s1. The summed E-state index contributed by atoms with van der Waals surface area (Å²) >= 11 is 3.21. The molecule has 0 radical (unpaired) electrons. The van der Waals surface area contributed by atoms with Crippen molar-refractivity contribution in [1.82, 2.24) is 25.2 Å². The van der Waals surface area contributed by atoms with Crippen LogP contribution in [0.5, 0.6) is 0 Å². The summed E-state index contributed by atoms with van der Waals surface area (Å²) in [6, 6.07) is 7.92. The Morgan fingerprint density at radius 2 is 2.12 bits per heavy atom. The predicted octanol–water partition coefficient (Wildman–Crippen LogP) is 2.34. The summed E-state index contributed by atoms with van der Waals surface area (Å²) in [5.74, 6) is 0.704. The van der Waals surface area contributed by atoms with Gasteiger partial charge in [-0.1, -0.05) is 40.4 Å². The Kier molecular flexibility index (Phi) is 2.77. The van der Waals surface area contributed by atoms with Crippen molar-refractivity contribution in [3.63, 3.8) is 0 Å². The summed E-state index contributed by atoms with van der Waals surface area (Å²) in [6.45, 7) is 1.95. The van der Waals surface area contributed by atoms with Crippen LogP contribution in [0.15, 0.2) is 28.6 Å². The van der Waals surface area contributed by atoms with Gasteiger partial charge >= 0.3 is 0 Å². The highest BCUT2D eigenvalue weighted by Crippen LogP contribution is 2.24. The van der Waals surface area contributed by atoms with E-state index < -0.39 is 0 Å². The molecule has 0 fully saturated rings. The summed E-state index contributed by atoms with van der Waals surface area (Å²) in [6.07, 6.45) is 0. The van der Waals surface area contributed by atoms with E-state index in [0.717, 1.165) is 20.4 Å². The van der Waals surface area contributed by atoms with Gasteiger partial charge in [0.05, 0.1) is 11.4 Å². The Morgan fingerprint density at radius 1 is 1.24 bits per heavy atom. The van der Waals surface area contributed by atoms with Crippen LogP contribution in [0.4, 0.5) is 0 Å². The molecule has 1 aromatic carbocycles. The molecule has 0 spiro atoms. The average Bonchev–Trinajstić information content (AvgIpc) is 2.93. The molecule has 0 amide bonds. The van der Waals surface area contributed by atoms with Gasteiger partial charge in [0.1, 0.15) is 10.5 Å². The molecule has 3 rings (SSSR count). The van der Waals surface area contributed by atoms with E-state index in [1.165, 1.54) is 0 Å². The first-order chi connectivity index (χ1) is 8.33. The quantitative estimate of drug-likeness (QED) is 0.679. The number of fused-ring (bicyclic) bond motifs is 1. The predicted molar refractivity (Wildman–Crippen MR) is 68.0 cm³/mol. The maximum Gasteiger partial charge on any atom is 0.176 e. The first-order valence-corrected chi connectivity index (χ1v) is 6.84. The van der Waals surface area contributed by atoms with E-state index in [1.54, 1.807) is 23.1 Å². The van der Waals surface area contributed by atoms with Gasteiger partial charge in [-0.2, -0.15) is 0 Å². The maximum atomic E-state index is 4.12. The lowest BCUT2D eigenvalue weighted by Gasteiger charge is -1.98. The monoisotopic (exact) mass is 263 g/mol. The van der Waals surface area contributed by atoms with Crippen LogP contribution in [-0.2, 0) is 5.88 Å². The molecular weight excluding hydrogens is 254 g/mol. The molecule has 5 nitrogen and oxygen atoms in total. The van der Waals surface area contributed by atoms with Gasteiger partial charge in [-0.05, 0) is 19.1 Å². The number of hydrogen-bond donors (Lipinski definition) is 0. The van der Waals surface area contributed by atoms with E-state index in [4.69, 9.17) is 0 Å². The second-order valence-electron chi connectivity index (χ2n) is 3.44. The van der Waals surface area contributed by atoms with Crippen molar-refractivity contribution in [1.29, 1.82) is 0 Å². The number of aromatic nitrogens is 5. The minimum absolute atomic E-state index is 0.704. The van der Waals surface area contributed by atoms with E-state index >= 15 is 0 Å². The largest absolute Gasteiger partial charge is 0.234 e. The molecule has 0 aliphatic heterocycles. The molecule has 0 saturated heterocycles. The van der Waals surface area contributed by atoms with Gasteiger partial charge < -0.3 is 0 Å². The smallest absolute Gasteiger partial charge is 0.176 e. The first-order valence-electron chi connectivity index (χ1n) is 5.04. The highest BCUT2D eigenvalue weighted by Gasteiger charge is 2.05. The van der Waals surface area contributed by atoms with Crippen LogP contribution in [0.1, 0.15) is 5.01 Å². The van der Waals surface area contributed by atoms with Gasteiger partial charge in [-0.3, -0.25) is 0 Å². The zero-order valence-electron chi connectivity index (χ0n) is 9.07. The lowest BCUT2D eigenvalue weighted by atomic mass is 10.3. The lowest BCUT2D eigenvalue weighted by molar-refractivity contribution is 0.722. The van der Waals surface area contributed by atoms with Crippen LogP contribution in [0.3, 0.4) is 0 Å². The number of benzene rings is 1. The Balaban J connectivity index is 1.81. The summed E-state index contributed by atoms with van der Waals surface area (Å²) in [5, 5.41) is 17.3. The Morgan fingerprint density at radius 3 is 2.94 bits per heavy atom. The molecule has 3 aromatic rings. The molecule has 2 aromatic heterocycles. The molecule has 17 heavy (non-hydrogen) atoms. The molecule has 0 aliphatic rings. The van der Waals surface area contributed by atoms with Gasteiger partial charge in [0.15, 0.2) is 4.34 Å². The van der Waals surface area contributed by atoms with Gasteiger partial charge in [0.25, 0.3) is 0 Å². The zero-order chi connectivity index (χ0) is 11.7. The number of para-hydroxylation sites is 1. The zero-order valence-corrected chi connectivity index (χ0v) is 10.7. The topological polar surface area (TPSA) is 56.5 Å². The highest BCUT2D eigenvalue weighted by molar-refractivity contribution is 8.00. The summed E-state index contributed by atoms with van der Waals surface area (Å²) < 4.78 is 2.83. The molecule has 0 bridgehead atoms. The minimum atomic E-state index is 0.704. The number of nitrogens with zero attached hydrogens (tertiary/aromatic N) is 5. The van der Waals surface area contributed by atoms with Crippen molar-refractivity contribution in [2.45, 2.75) is 17.1 Å². The average molecular weight is 263 g/mol. The molecule has 0 aliphatic carbocycles. The number of aryl methyl sites for hydroxylation is 1. The Labute approximate surface area is 106 Å². The van der Waals surface area contributed by atoms with Gasteiger partial charge in [0, 0.05) is 0 Å². The Bertz CT molecular complexity index is 645. The lowest BCUT2D eigenvalue weighted by Crippen LogP contribution is -1.96. The fraction of sp³-hybridized carbons (Fsp3) is 0.200. The summed E-state index contributed by atoms with van der Waals surface area (Å²) in [4.78, 5) is 0. The van der Waals surface area contributed by atoms with Crippen LogP contribution < -0.4 is 0 Å². The molecule has 0 atom stereocenters. The van der Waals surface area contributed by atoms with Crippen molar-refractivity contribution in [3.8, 4) is 0 Å². The van der Waals surface area contributed by atoms with Gasteiger partial charge in [-0.25, -0.2) is 4.68 Å². The summed E-state index contributed by atoms with van der Waals surface area (Å²) in [7, 11) is 0. The van der Waals surface area contributed by atoms with E-state index in [2.05, 4.69) is 20.5 Å². The van der Waals surface area contributed by atoms with E-state index in [-0.39, 0.29) is 0 Å². The standard InChI is InChI=1S/C10H9N5S2/c1-7-11-13-10(17-7)16-6-15-9-5-3-2-4-8(9)12-14-15/h2-5H,6H2,1H3. The van der Waals surface area contributed by atoms with E-state index in [9.17, 15) is 0 Å². The van der Waals surface area contributed by atoms with E-state index in [1.807, 2.05) is 35.9 Å². The van der Waals surface area contributed by atoms with Crippen LogP contribution in [0, 0.1) is 6.92 Å². The summed E-state index contributed by atoms with van der Waals surface area (Å²) in [5.41, 5.74) is 1.96. The van der Waals surface area contributed by atoms with Crippen LogP contribution in [0.2, 0.25) is 0 Å². The third-order valence-corrected chi connectivity index (χ3v) is 4.18. The van der Waals surface area contributed by atoms with Crippen LogP contribution in [-0.4, -0.2) is 25.2 Å². The van der Waals surface area contributed by atoms with Crippen LogP contribution in [0.25, 0.3) is 11.0 Å². The molecule has 0 saturated carbocycles. The molecule has 7 heteroatoms. The second kappa shape index (κ2) is 4.42. The maximum absolute atomic E-state index is 4.12. The molecule has 0 N–H and O–H groups in total. The third kappa shape index (κ3) is 2.16. The van der Waals surface area contributed by atoms with E-state index in [0.29, 0.717) is 5.88 Å². The van der Waals surface area contributed by atoms with Crippen LogP contribution >= 0.6 is 23.1 Å². The minimum Gasteiger partial charge on any atom is -0.234 e. The first kappa shape index (κ1) is 10.7. The van der Waals surface area contributed by atoms with Gasteiger partial charge in [0.2, 0.25) is 0 Å².